The Morgan fingerprint density at radius 1 is 1.15 bits per heavy atom. The van der Waals surface area contributed by atoms with E-state index in [9.17, 15) is 13.2 Å². The number of amides is 1. The second kappa shape index (κ2) is 10.0. The Morgan fingerprint density at radius 3 is 2.67 bits per heavy atom. The molecule has 1 fully saturated rings. The molecule has 0 aliphatic carbocycles. The zero-order valence-corrected chi connectivity index (χ0v) is 19.9. The highest BCUT2D eigenvalue weighted by atomic mass is 32.2. The molecule has 33 heavy (non-hydrogen) atoms. The second-order valence-electron chi connectivity index (χ2n) is 8.39. The Balaban J connectivity index is 1.34. The fourth-order valence-electron chi connectivity index (χ4n) is 4.09. The summed E-state index contributed by atoms with van der Waals surface area (Å²) in [4.78, 5) is 21.3. The number of benzene rings is 1. The lowest BCUT2D eigenvalue weighted by Gasteiger charge is -2.25. The maximum Gasteiger partial charge on any atom is 0.243 e. The van der Waals surface area contributed by atoms with E-state index in [0.29, 0.717) is 62.5 Å². The lowest BCUT2D eigenvalue weighted by molar-refractivity contribution is -0.121. The van der Waals surface area contributed by atoms with Crippen LogP contribution in [0.4, 0.5) is 0 Å². The molecule has 4 rings (SSSR count). The molecular weight excluding hydrogens is 444 g/mol. The zero-order valence-electron chi connectivity index (χ0n) is 19.1. The summed E-state index contributed by atoms with van der Waals surface area (Å²) < 4.78 is 34.5. The van der Waals surface area contributed by atoms with Gasteiger partial charge in [-0.1, -0.05) is 11.6 Å². The standard InChI is InChI=1S/C22H30N6O4S/c1-16-24-22(32-26-16)7-6-12-23-21(29)11-10-20-25-18-15-17(8-9-19(18)27(20)2)33(30,31)28-13-4-3-5-14-28/h8-9,15H,3-7,10-14H2,1-2H3,(H,23,29). The molecule has 1 aromatic carbocycles. The van der Waals surface area contributed by atoms with Gasteiger partial charge >= 0.3 is 0 Å². The van der Waals surface area contributed by atoms with Crippen LogP contribution in [0.15, 0.2) is 27.6 Å². The summed E-state index contributed by atoms with van der Waals surface area (Å²) in [6.45, 7) is 3.43. The summed E-state index contributed by atoms with van der Waals surface area (Å²) in [7, 11) is -1.63. The summed E-state index contributed by atoms with van der Waals surface area (Å²) in [6, 6.07) is 5.08. The van der Waals surface area contributed by atoms with Crippen LogP contribution in [-0.2, 0) is 34.7 Å². The average molecular weight is 475 g/mol. The maximum atomic E-state index is 13.0. The molecule has 178 valence electrons. The van der Waals surface area contributed by atoms with Crippen molar-refractivity contribution in [3.05, 3.63) is 35.7 Å². The number of nitrogens with one attached hydrogen (secondary N) is 1. The van der Waals surface area contributed by atoms with Gasteiger partial charge in [-0.05, 0) is 44.4 Å². The van der Waals surface area contributed by atoms with Crippen LogP contribution in [0.2, 0.25) is 0 Å². The minimum Gasteiger partial charge on any atom is -0.356 e. The molecule has 0 atom stereocenters. The largest absolute Gasteiger partial charge is 0.356 e. The Bertz CT molecular complexity index is 1230. The molecule has 0 saturated carbocycles. The second-order valence-corrected chi connectivity index (χ2v) is 10.3. The van der Waals surface area contributed by atoms with Crippen LogP contribution in [0, 0.1) is 6.92 Å². The van der Waals surface area contributed by atoms with Crippen molar-refractivity contribution in [3.63, 3.8) is 0 Å². The Labute approximate surface area is 193 Å². The van der Waals surface area contributed by atoms with Crippen molar-refractivity contribution in [2.24, 2.45) is 7.05 Å². The number of carbonyl (C=O) groups excluding carboxylic acids is 1. The predicted octanol–water partition coefficient (Wildman–Crippen LogP) is 2.12. The van der Waals surface area contributed by atoms with Crippen LogP contribution in [0.3, 0.4) is 0 Å². The van der Waals surface area contributed by atoms with E-state index in [0.717, 1.165) is 30.6 Å². The number of piperidine rings is 1. The molecule has 11 heteroatoms. The molecule has 3 aromatic rings. The van der Waals surface area contributed by atoms with Crippen molar-refractivity contribution < 1.29 is 17.7 Å². The van der Waals surface area contributed by atoms with Gasteiger partial charge in [0.25, 0.3) is 0 Å². The van der Waals surface area contributed by atoms with Crippen LogP contribution < -0.4 is 5.32 Å². The maximum absolute atomic E-state index is 13.0. The fourth-order valence-corrected chi connectivity index (χ4v) is 5.63. The summed E-state index contributed by atoms with van der Waals surface area (Å²) in [6.07, 6.45) is 4.97. The van der Waals surface area contributed by atoms with Gasteiger partial charge in [-0.2, -0.15) is 9.29 Å². The molecule has 2 aromatic heterocycles. The number of hydrogen-bond acceptors (Lipinski definition) is 7. The van der Waals surface area contributed by atoms with Crippen LogP contribution in [0.1, 0.15) is 49.6 Å². The summed E-state index contributed by atoms with van der Waals surface area (Å²) in [5.74, 6) is 1.86. The van der Waals surface area contributed by atoms with Crippen LogP contribution in [0.5, 0.6) is 0 Å². The SMILES string of the molecule is Cc1noc(CCCNC(=O)CCc2nc3cc(S(=O)(=O)N4CCCCC4)ccc3n2C)n1. The normalized spacial score (nSPS) is 15.2. The van der Waals surface area contributed by atoms with Crippen LogP contribution >= 0.6 is 0 Å². The van der Waals surface area contributed by atoms with Crippen LogP contribution in [-0.4, -0.2) is 58.0 Å². The van der Waals surface area contributed by atoms with Crippen molar-refractivity contribution in [1.29, 1.82) is 0 Å². The van der Waals surface area contributed by atoms with Gasteiger partial charge in [0.1, 0.15) is 5.82 Å². The van der Waals surface area contributed by atoms with Gasteiger partial charge in [0, 0.05) is 45.9 Å². The van der Waals surface area contributed by atoms with Crippen molar-refractivity contribution in [1.82, 2.24) is 29.3 Å². The highest BCUT2D eigenvalue weighted by molar-refractivity contribution is 7.89. The summed E-state index contributed by atoms with van der Waals surface area (Å²) in [5.41, 5.74) is 1.47. The van der Waals surface area contributed by atoms with Crippen molar-refractivity contribution >= 4 is 27.0 Å². The molecule has 10 nitrogen and oxygen atoms in total. The number of carbonyl (C=O) groups is 1. The Morgan fingerprint density at radius 2 is 1.94 bits per heavy atom. The number of aromatic nitrogens is 4. The van der Waals surface area contributed by atoms with E-state index in [1.54, 1.807) is 29.4 Å². The van der Waals surface area contributed by atoms with Crippen molar-refractivity contribution in [2.45, 2.75) is 56.8 Å². The number of aryl methyl sites for hydroxylation is 4. The van der Waals surface area contributed by atoms with E-state index in [4.69, 9.17) is 4.52 Å². The first-order valence-electron chi connectivity index (χ1n) is 11.4. The van der Waals surface area contributed by atoms with E-state index in [2.05, 4.69) is 20.4 Å². The molecule has 0 radical (unpaired) electrons. The topological polar surface area (TPSA) is 123 Å². The summed E-state index contributed by atoms with van der Waals surface area (Å²) >= 11 is 0. The molecule has 1 N–H and O–H groups in total. The van der Waals surface area contributed by atoms with E-state index in [1.807, 2.05) is 11.6 Å². The van der Waals surface area contributed by atoms with E-state index in [1.165, 1.54) is 0 Å². The molecular formula is C22H30N6O4S. The van der Waals surface area contributed by atoms with Gasteiger partial charge in [-0.3, -0.25) is 4.79 Å². The predicted molar refractivity (Wildman–Crippen MR) is 122 cm³/mol. The minimum absolute atomic E-state index is 0.0582. The molecule has 3 heterocycles. The number of rotatable bonds is 9. The number of sulfonamides is 1. The molecule has 1 saturated heterocycles. The third-order valence-electron chi connectivity index (χ3n) is 5.93. The van der Waals surface area contributed by atoms with E-state index >= 15 is 0 Å². The number of imidazole rings is 1. The van der Waals surface area contributed by atoms with Gasteiger partial charge in [-0.15, -0.1) is 0 Å². The molecule has 0 bridgehead atoms. The molecule has 1 aliphatic heterocycles. The first-order chi connectivity index (χ1) is 15.8. The fraction of sp³-hybridized carbons (Fsp3) is 0.545. The van der Waals surface area contributed by atoms with E-state index < -0.39 is 10.0 Å². The van der Waals surface area contributed by atoms with Crippen molar-refractivity contribution in [2.75, 3.05) is 19.6 Å². The Kier molecular flexibility index (Phi) is 7.08. The monoisotopic (exact) mass is 474 g/mol. The molecule has 1 amide bonds. The van der Waals surface area contributed by atoms with Crippen LogP contribution in [0.25, 0.3) is 11.0 Å². The van der Waals surface area contributed by atoms with Gasteiger partial charge < -0.3 is 14.4 Å². The molecule has 0 unspecified atom stereocenters. The quantitative estimate of drug-likeness (QED) is 0.471. The Hall–Kier alpha value is -2.79. The number of nitrogens with zero attached hydrogens (tertiary/aromatic N) is 5. The lowest BCUT2D eigenvalue weighted by atomic mass is 10.2. The zero-order chi connectivity index (χ0) is 23.4. The third kappa shape index (κ3) is 5.41. The highest BCUT2D eigenvalue weighted by Gasteiger charge is 2.26. The number of fused-ring (bicyclic) bond motifs is 1. The molecule has 0 spiro atoms. The summed E-state index contributed by atoms with van der Waals surface area (Å²) in [5, 5.41) is 6.64. The van der Waals surface area contributed by atoms with Gasteiger partial charge in [0.15, 0.2) is 5.82 Å². The highest BCUT2D eigenvalue weighted by Crippen LogP contribution is 2.24. The van der Waals surface area contributed by atoms with Gasteiger partial charge in [0.2, 0.25) is 21.8 Å². The smallest absolute Gasteiger partial charge is 0.243 e. The van der Waals surface area contributed by atoms with E-state index in [-0.39, 0.29) is 10.8 Å². The third-order valence-corrected chi connectivity index (χ3v) is 7.83. The lowest BCUT2D eigenvalue weighted by Crippen LogP contribution is -2.35. The number of hydrogen-bond donors (Lipinski definition) is 1. The average Bonchev–Trinajstić information content (AvgIpc) is 3.38. The van der Waals surface area contributed by atoms with Crippen molar-refractivity contribution in [3.8, 4) is 0 Å². The first kappa shape index (κ1) is 23.4. The van der Waals surface area contributed by atoms with Gasteiger partial charge in [0.05, 0.1) is 15.9 Å². The minimum atomic E-state index is -3.51. The first-order valence-corrected chi connectivity index (χ1v) is 12.8. The van der Waals surface area contributed by atoms with Gasteiger partial charge in [-0.25, -0.2) is 13.4 Å². The molecule has 1 aliphatic rings.